The van der Waals surface area contributed by atoms with E-state index in [2.05, 4.69) is 10.3 Å². The minimum atomic E-state index is -0.0366. The summed E-state index contributed by atoms with van der Waals surface area (Å²) in [4.78, 5) is 14.7. The van der Waals surface area contributed by atoms with Gasteiger partial charge in [-0.25, -0.2) is 4.68 Å². The molecule has 0 radical (unpaired) electrons. The molecular weight excluding hydrogens is 336 g/mol. The van der Waals surface area contributed by atoms with Gasteiger partial charge >= 0.3 is 0 Å². The highest BCUT2D eigenvalue weighted by Crippen LogP contribution is 2.28. The number of carbonyl (C=O) groups excluding carboxylic acids is 1. The molecule has 2 aliphatic rings. The molecule has 0 bridgehead atoms. The fourth-order valence-electron chi connectivity index (χ4n) is 3.97. The highest BCUT2D eigenvalue weighted by Gasteiger charge is 2.26. The zero-order chi connectivity index (χ0) is 17.2. The van der Waals surface area contributed by atoms with Crippen LogP contribution in [0, 0.1) is 0 Å². The van der Waals surface area contributed by atoms with E-state index in [1.165, 1.54) is 25.7 Å². The quantitative estimate of drug-likeness (QED) is 0.762. The van der Waals surface area contributed by atoms with Crippen LogP contribution in [-0.2, 0) is 13.0 Å². The summed E-state index contributed by atoms with van der Waals surface area (Å²) < 4.78 is 1.91. The van der Waals surface area contributed by atoms with E-state index in [-0.39, 0.29) is 5.91 Å². The van der Waals surface area contributed by atoms with Crippen molar-refractivity contribution >= 4 is 17.5 Å². The Labute approximate surface area is 153 Å². The summed E-state index contributed by atoms with van der Waals surface area (Å²) in [5.74, 6) is -0.0366. The van der Waals surface area contributed by atoms with Gasteiger partial charge in [0.1, 0.15) is 0 Å². The van der Waals surface area contributed by atoms with Gasteiger partial charge in [0.15, 0.2) is 5.69 Å². The number of amides is 1. The lowest BCUT2D eigenvalue weighted by Gasteiger charge is -2.28. The van der Waals surface area contributed by atoms with Gasteiger partial charge < -0.3 is 4.90 Å². The van der Waals surface area contributed by atoms with Crippen molar-refractivity contribution in [2.75, 3.05) is 6.54 Å². The Balaban J connectivity index is 1.48. The zero-order valence-corrected chi connectivity index (χ0v) is 15.1. The molecule has 1 amide bonds. The number of hydrogen-bond acceptors (Lipinski definition) is 3. The maximum Gasteiger partial charge on any atom is 0.276 e. The van der Waals surface area contributed by atoms with Gasteiger partial charge in [0, 0.05) is 18.1 Å². The third-order valence-corrected chi connectivity index (χ3v) is 5.78. The van der Waals surface area contributed by atoms with E-state index in [4.69, 9.17) is 11.6 Å². The molecule has 0 saturated heterocycles. The summed E-state index contributed by atoms with van der Waals surface area (Å²) >= 11 is 6.26. The first-order valence-electron chi connectivity index (χ1n) is 9.20. The second-order valence-electron chi connectivity index (χ2n) is 7.08. The van der Waals surface area contributed by atoms with Gasteiger partial charge in [-0.2, -0.15) is 0 Å². The van der Waals surface area contributed by atoms with Crippen LogP contribution in [0.5, 0.6) is 0 Å². The zero-order valence-electron chi connectivity index (χ0n) is 14.3. The molecule has 1 aromatic heterocycles. The highest BCUT2D eigenvalue weighted by molar-refractivity contribution is 6.31. The molecule has 4 rings (SSSR count). The summed E-state index contributed by atoms with van der Waals surface area (Å²) in [6.45, 7) is 1.26. The number of benzene rings is 1. The third-order valence-electron chi connectivity index (χ3n) is 5.42. The molecule has 0 atom stereocenters. The molecule has 6 heteroatoms. The SMILES string of the molecule is O=C(c1cn(C2CCCCCC2)nn1)N1CCc2c(Cl)cccc2C1. The van der Waals surface area contributed by atoms with Gasteiger partial charge in [0.25, 0.3) is 5.91 Å². The van der Waals surface area contributed by atoms with E-state index in [0.717, 1.165) is 35.4 Å². The van der Waals surface area contributed by atoms with Crippen LogP contribution >= 0.6 is 11.6 Å². The number of carbonyl (C=O) groups is 1. The molecule has 1 aliphatic heterocycles. The van der Waals surface area contributed by atoms with Crippen molar-refractivity contribution < 1.29 is 4.79 Å². The van der Waals surface area contributed by atoms with Crippen molar-refractivity contribution in [1.29, 1.82) is 0 Å². The predicted octanol–water partition coefficient (Wildman–Crippen LogP) is 4.03. The lowest BCUT2D eigenvalue weighted by molar-refractivity contribution is 0.0728. The summed E-state index contributed by atoms with van der Waals surface area (Å²) in [6, 6.07) is 6.29. The predicted molar refractivity (Wildman–Crippen MR) is 96.7 cm³/mol. The van der Waals surface area contributed by atoms with Crippen LogP contribution in [0.4, 0.5) is 0 Å². The summed E-state index contributed by atoms with van der Waals surface area (Å²) in [5.41, 5.74) is 2.74. The maximum atomic E-state index is 12.8. The van der Waals surface area contributed by atoms with Crippen LogP contribution in [0.3, 0.4) is 0 Å². The normalized spacial score (nSPS) is 18.7. The van der Waals surface area contributed by atoms with Gasteiger partial charge in [0.2, 0.25) is 0 Å². The minimum absolute atomic E-state index is 0.0366. The Morgan fingerprint density at radius 2 is 1.96 bits per heavy atom. The van der Waals surface area contributed by atoms with Crippen molar-refractivity contribution in [2.45, 2.75) is 57.5 Å². The largest absolute Gasteiger partial charge is 0.333 e. The van der Waals surface area contributed by atoms with E-state index in [9.17, 15) is 4.79 Å². The van der Waals surface area contributed by atoms with Crippen LogP contribution in [0.25, 0.3) is 0 Å². The Bertz CT molecular complexity index is 765. The van der Waals surface area contributed by atoms with Crippen LogP contribution in [0.1, 0.15) is 66.2 Å². The third kappa shape index (κ3) is 3.43. The van der Waals surface area contributed by atoms with Gasteiger partial charge in [-0.3, -0.25) is 4.79 Å². The van der Waals surface area contributed by atoms with Crippen molar-refractivity contribution in [2.24, 2.45) is 0 Å². The van der Waals surface area contributed by atoms with Crippen LogP contribution < -0.4 is 0 Å². The van der Waals surface area contributed by atoms with Crippen LogP contribution in [0.15, 0.2) is 24.4 Å². The molecule has 2 heterocycles. The van der Waals surface area contributed by atoms with E-state index in [1.807, 2.05) is 34.0 Å². The summed E-state index contributed by atoms with van der Waals surface area (Å²) in [6.07, 6.45) is 9.96. The first-order valence-corrected chi connectivity index (χ1v) is 9.57. The number of aromatic nitrogens is 3. The number of rotatable bonds is 2. The van der Waals surface area contributed by atoms with E-state index < -0.39 is 0 Å². The number of halogens is 1. The summed E-state index contributed by atoms with van der Waals surface area (Å²) in [5, 5.41) is 9.22. The lowest BCUT2D eigenvalue weighted by Crippen LogP contribution is -2.36. The van der Waals surface area contributed by atoms with Gasteiger partial charge in [-0.05, 0) is 36.5 Å². The first kappa shape index (κ1) is 16.6. The fraction of sp³-hybridized carbons (Fsp3) is 0.526. The molecule has 0 N–H and O–H groups in total. The van der Waals surface area contributed by atoms with Gasteiger partial charge in [0.05, 0.1) is 12.2 Å². The number of nitrogens with zero attached hydrogens (tertiary/aromatic N) is 4. The fourth-order valence-corrected chi connectivity index (χ4v) is 4.26. The van der Waals surface area contributed by atoms with Crippen LogP contribution in [-0.4, -0.2) is 32.3 Å². The first-order chi connectivity index (χ1) is 12.2. The molecule has 0 unspecified atom stereocenters. The second kappa shape index (κ2) is 7.16. The Kier molecular flexibility index (Phi) is 4.75. The Morgan fingerprint density at radius 3 is 2.76 bits per heavy atom. The Hall–Kier alpha value is -1.88. The molecule has 132 valence electrons. The minimum Gasteiger partial charge on any atom is -0.333 e. The lowest BCUT2D eigenvalue weighted by atomic mass is 9.99. The average molecular weight is 359 g/mol. The topological polar surface area (TPSA) is 51.0 Å². The molecule has 0 spiro atoms. The van der Waals surface area contributed by atoms with Crippen molar-refractivity contribution in [3.8, 4) is 0 Å². The molecule has 1 fully saturated rings. The number of fused-ring (bicyclic) bond motifs is 1. The van der Waals surface area contributed by atoms with Gasteiger partial charge in [-0.15, -0.1) is 5.10 Å². The van der Waals surface area contributed by atoms with E-state index >= 15 is 0 Å². The van der Waals surface area contributed by atoms with E-state index in [1.54, 1.807) is 0 Å². The van der Waals surface area contributed by atoms with Crippen LogP contribution in [0.2, 0.25) is 5.02 Å². The Morgan fingerprint density at radius 1 is 1.16 bits per heavy atom. The smallest absolute Gasteiger partial charge is 0.276 e. The molecule has 1 aromatic carbocycles. The van der Waals surface area contributed by atoms with Crippen molar-refractivity contribution in [3.05, 3.63) is 46.2 Å². The average Bonchev–Trinajstić information content (AvgIpc) is 2.96. The molecular formula is C19H23ClN4O. The monoisotopic (exact) mass is 358 g/mol. The van der Waals surface area contributed by atoms with E-state index in [0.29, 0.717) is 24.8 Å². The summed E-state index contributed by atoms with van der Waals surface area (Å²) in [7, 11) is 0. The molecule has 5 nitrogen and oxygen atoms in total. The standard InChI is InChI=1S/C19H23ClN4O/c20-17-9-5-6-14-12-23(11-10-16(14)17)19(25)18-13-24(22-21-18)15-7-3-1-2-4-8-15/h5-6,9,13,15H,1-4,7-8,10-12H2. The molecule has 2 aromatic rings. The maximum absolute atomic E-state index is 12.8. The van der Waals surface area contributed by atoms with Crippen molar-refractivity contribution in [3.63, 3.8) is 0 Å². The highest BCUT2D eigenvalue weighted by atomic mass is 35.5. The van der Waals surface area contributed by atoms with Crippen molar-refractivity contribution in [1.82, 2.24) is 19.9 Å². The molecule has 1 saturated carbocycles. The molecule has 1 aliphatic carbocycles. The molecule has 25 heavy (non-hydrogen) atoms. The van der Waals surface area contributed by atoms with Gasteiger partial charge in [-0.1, -0.05) is 54.6 Å². The number of hydrogen-bond donors (Lipinski definition) is 0. The second-order valence-corrected chi connectivity index (χ2v) is 7.49.